The summed E-state index contributed by atoms with van der Waals surface area (Å²) in [4.78, 5) is 6.47. The van der Waals surface area contributed by atoms with Gasteiger partial charge in [0.15, 0.2) is 5.79 Å². The van der Waals surface area contributed by atoms with Crippen molar-refractivity contribution in [3.05, 3.63) is 29.8 Å². The van der Waals surface area contributed by atoms with Gasteiger partial charge in [0, 0.05) is 29.3 Å². The standard InChI is InChI=1S/C31H49NO6/c1-28(2)19-31(36-22-30(5,23-37-31)21-35-25-9-7-6-8-10-25)20-29(3,4)32(28)38-16-15-24-11-13-26(14-12-24)33-17-27-18-34-27/h11-14,25,27H,6-10,15-23H2,1-5H3. The molecule has 1 aliphatic carbocycles. The lowest BCUT2D eigenvalue weighted by molar-refractivity contribution is -0.383. The van der Waals surface area contributed by atoms with Gasteiger partial charge in [0.2, 0.25) is 0 Å². The van der Waals surface area contributed by atoms with Crippen LogP contribution in [0.2, 0.25) is 0 Å². The van der Waals surface area contributed by atoms with E-state index in [2.05, 4.69) is 51.8 Å². The molecule has 1 unspecified atom stereocenters. The van der Waals surface area contributed by atoms with Crippen molar-refractivity contribution in [3.8, 4) is 5.75 Å². The average Bonchev–Trinajstić information content (AvgIpc) is 3.71. The molecule has 0 bridgehead atoms. The van der Waals surface area contributed by atoms with Crippen LogP contribution in [0.1, 0.15) is 85.1 Å². The minimum Gasteiger partial charge on any atom is -0.491 e. The summed E-state index contributed by atoms with van der Waals surface area (Å²) in [5.74, 6) is 0.302. The molecule has 0 aromatic heterocycles. The monoisotopic (exact) mass is 531 g/mol. The molecule has 3 aliphatic heterocycles. The minimum atomic E-state index is -0.585. The van der Waals surface area contributed by atoms with Gasteiger partial charge in [-0.2, -0.15) is 5.06 Å². The molecule has 0 amide bonds. The SMILES string of the molecule is CC1(COC2CCCCC2)COC2(CC(C)(C)N(OCCc3ccc(OCC4CO4)cc3)C(C)(C)C2)OC1. The molecule has 4 aliphatic rings. The van der Waals surface area contributed by atoms with Crippen LogP contribution in [0.5, 0.6) is 5.75 Å². The zero-order chi connectivity index (χ0) is 26.9. The van der Waals surface area contributed by atoms with Crippen molar-refractivity contribution >= 4 is 0 Å². The van der Waals surface area contributed by atoms with Crippen LogP contribution in [0.25, 0.3) is 0 Å². The third-order valence-corrected chi connectivity index (χ3v) is 8.46. The van der Waals surface area contributed by atoms with Crippen LogP contribution < -0.4 is 4.74 Å². The van der Waals surface area contributed by atoms with E-state index < -0.39 is 5.79 Å². The van der Waals surface area contributed by atoms with E-state index in [4.69, 9.17) is 28.5 Å². The number of nitrogens with zero attached hydrogens (tertiary/aromatic N) is 1. The molecule has 214 valence electrons. The van der Waals surface area contributed by atoms with Gasteiger partial charge in [-0.15, -0.1) is 0 Å². The van der Waals surface area contributed by atoms with Gasteiger partial charge >= 0.3 is 0 Å². The first-order chi connectivity index (χ1) is 18.1. The molecule has 38 heavy (non-hydrogen) atoms. The summed E-state index contributed by atoms with van der Waals surface area (Å²) >= 11 is 0. The Morgan fingerprint density at radius 1 is 0.895 bits per heavy atom. The Bertz CT molecular complexity index is 877. The van der Waals surface area contributed by atoms with Gasteiger partial charge in [-0.3, -0.25) is 4.84 Å². The average molecular weight is 532 g/mol. The summed E-state index contributed by atoms with van der Waals surface area (Å²) in [6, 6.07) is 8.29. The van der Waals surface area contributed by atoms with Gasteiger partial charge in [-0.1, -0.05) is 38.3 Å². The highest BCUT2D eigenvalue weighted by Gasteiger charge is 2.57. The fraction of sp³-hybridized carbons (Fsp3) is 0.806. The first-order valence-electron chi connectivity index (χ1n) is 14.7. The van der Waals surface area contributed by atoms with Crippen LogP contribution in [0.3, 0.4) is 0 Å². The summed E-state index contributed by atoms with van der Waals surface area (Å²) in [6.07, 6.45) is 9.35. The molecule has 7 heteroatoms. The maximum Gasteiger partial charge on any atom is 0.171 e. The first-order valence-corrected chi connectivity index (χ1v) is 14.7. The Hall–Kier alpha value is -1.22. The van der Waals surface area contributed by atoms with Gasteiger partial charge in [0.25, 0.3) is 0 Å². The first kappa shape index (κ1) is 28.3. The summed E-state index contributed by atoms with van der Waals surface area (Å²) in [5.41, 5.74) is 0.655. The molecule has 3 heterocycles. The molecular weight excluding hydrogens is 482 g/mol. The molecule has 1 spiro atoms. The van der Waals surface area contributed by atoms with Crippen molar-refractivity contribution in [2.75, 3.05) is 39.6 Å². The summed E-state index contributed by atoms with van der Waals surface area (Å²) in [6.45, 7) is 15.3. The van der Waals surface area contributed by atoms with Gasteiger partial charge in [-0.25, -0.2) is 0 Å². The lowest BCUT2D eigenvalue weighted by Crippen LogP contribution is -2.68. The molecular formula is C31H49NO6. The van der Waals surface area contributed by atoms with Crippen LogP contribution in [-0.4, -0.2) is 73.8 Å². The molecule has 1 aromatic carbocycles. The number of piperidine rings is 1. The lowest BCUT2D eigenvalue weighted by atomic mass is 9.77. The highest BCUT2D eigenvalue weighted by molar-refractivity contribution is 5.27. The third kappa shape index (κ3) is 7.10. The summed E-state index contributed by atoms with van der Waals surface area (Å²) < 4.78 is 30.5. The Morgan fingerprint density at radius 2 is 1.53 bits per heavy atom. The molecule has 0 N–H and O–H groups in total. The molecule has 1 atom stereocenters. The summed E-state index contributed by atoms with van der Waals surface area (Å²) in [7, 11) is 0. The van der Waals surface area contributed by atoms with Crippen molar-refractivity contribution in [1.82, 2.24) is 5.06 Å². The largest absolute Gasteiger partial charge is 0.491 e. The van der Waals surface area contributed by atoms with Gasteiger partial charge in [0.1, 0.15) is 18.5 Å². The summed E-state index contributed by atoms with van der Waals surface area (Å²) in [5, 5.41) is 2.19. The smallest absolute Gasteiger partial charge is 0.171 e. The number of epoxide rings is 1. The number of benzene rings is 1. The predicted molar refractivity (Wildman–Crippen MR) is 146 cm³/mol. The van der Waals surface area contributed by atoms with Crippen molar-refractivity contribution < 1.29 is 28.5 Å². The van der Waals surface area contributed by atoms with Crippen molar-refractivity contribution in [2.24, 2.45) is 5.41 Å². The van der Waals surface area contributed by atoms with Crippen LogP contribution in [-0.2, 0) is 30.2 Å². The highest BCUT2D eigenvalue weighted by Crippen LogP contribution is 2.48. The van der Waals surface area contributed by atoms with Crippen LogP contribution >= 0.6 is 0 Å². The van der Waals surface area contributed by atoms with E-state index in [1.165, 1.54) is 37.7 Å². The third-order valence-electron chi connectivity index (χ3n) is 8.46. The normalized spacial score (nSPS) is 28.3. The molecule has 5 rings (SSSR count). The number of ether oxygens (including phenoxy) is 5. The van der Waals surface area contributed by atoms with E-state index in [9.17, 15) is 0 Å². The maximum absolute atomic E-state index is 6.60. The minimum absolute atomic E-state index is 0.100. The zero-order valence-corrected chi connectivity index (χ0v) is 24.3. The second-order valence-corrected chi connectivity index (χ2v) is 13.6. The Balaban J connectivity index is 1.11. The van der Waals surface area contributed by atoms with E-state index >= 15 is 0 Å². The fourth-order valence-electron chi connectivity index (χ4n) is 6.59. The maximum atomic E-state index is 6.60. The molecule has 4 fully saturated rings. The van der Waals surface area contributed by atoms with Crippen LogP contribution in [0, 0.1) is 5.41 Å². The number of hydrogen-bond donors (Lipinski definition) is 0. The Morgan fingerprint density at radius 3 is 2.13 bits per heavy atom. The van der Waals surface area contributed by atoms with Crippen LogP contribution in [0.4, 0.5) is 0 Å². The molecule has 7 nitrogen and oxygen atoms in total. The van der Waals surface area contributed by atoms with Crippen molar-refractivity contribution in [1.29, 1.82) is 0 Å². The van der Waals surface area contributed by atoms with E-state index in [1.54, 1.807) is 0 Å². The van der Waals surface area contributed by atoms with E-state index in [0.717, 1.165) is 31.6 Å². The molecule has 1 saturated carbocycles. The quantitative estimate of drug-likeness (QED) is 0.360. The van der Waals surface area contributed by atoms with Gasteiger partial charge < -0.3 is 23.7 Å². The number of hydroxylamine groups is 2. The Labute approximate surface area is 229 Å². The highest BCUT2D eigenvalue weighted by atomic mass is 16.7. The topological polar surface area (TPSA) is 61.9 Å². The number of hydrogen-bond acceptors (Lipinski definition) is 7. The predicted octanol–water partition coefficient (Wildman–Crippen LogP) is 5.69. The van der Waals surface area contributed by atoms with Crippen LogP contribution in [0.15, 0.2) is 24.3 Å². The van der Waals surface area contributed by atoms with E-state index in [0.29, 0.717) is 39.1 Å². The van der Waals surface area contributed by atoms with Gasteiger partial charge in [0.05, 0.1) is 39.1 Å². The van der Waals surface area contributed by atoms with Crippen molar-refractivity contribution in [2.45, 2.75) is 115 Å². The molecule has 1 aromatic rings. The molecule has 0 radical (unpaired) electrons. The molecule has 3 saturated heterocycles. The second kappa shape index (κ2) is 11.3. The zero-order valence-electron chi connectivity index (χ0n) is 24.3. The van der Waals surface area contributed by atoms with Gasteiger partial charge in [-0.05, 0) is 64.7 Å². The second-order valence-electron chi connectivity index (χ2n) is 13.6. The Kier molecular flexibility index (Phi) is 8.45. The van der Waals surface area contributed by atoms with Crippen molar-refractivity contribution in [3.63, 3.8) is 0 Å². The lowest BCUT2D eigenvalue weighted by Gasteiger charge is -2.59. The number of rotatable bonds is 10. The fourth-order valence-corrected chi connectivity index (χ4v) is 6.59. The van der Waals surface area contributed by atoms with E-state index in [-0.39, 0.29) is 22.6 Å². The van der Waals surface area contributed by atoms with E-state index in [1.807, 2.05) is 12.1 Å².